The minimum atomic E-state index is -1.31. The standard InChI is InChI=1S/C16H16ClNO2/c1-10(18)16(19)13-4-2-3-5-15(13)20-9-11-6-7-12(17)8-14(11)16/h2-8,10,19H,9,18H2,1H3. The van der Waals surface area contributed by atoms with Crippen LogP contribution in [-0.2, 0) is 12.2 Å². The molecule has 1 aliphatic rings. The Balaban J connectivity index is 2.33. The molecular formula is C16H16ClNO2. The monoisotopic (exact) mass is 289 g/mol. The predicted octanol–water partition coefficient (Wildman–Crippen LogP) is 2.82. The first-order chi connectivity index (χ1) is 9.53. The predicted molar refractivity (Wildman–Crippen MR) is 78.9 cm³/mol. The van der Waals surface area contributed by atoms with Crippen molar-refractivity contribution in [2.45, 2.75) is 25.2 Å². The molecule has 2 atom stereocenters. The lowest BCUT2D eigenvalue weighted by atomic mass is 9.79. The summed E-state index contributed by atoms with van der Waals surface area (Å²) in [6, 6.07) is 12.4. The molecule has 1 aliphatic heterocycles. The second kappa shape index (κ2) is 4.77. The number of benzene rings is 2. The highest BCUT2D eigenvalue weighted by atomic mass is 35.5. The van der Waals surface area contributed by atoms with Gasteiger partial charge >= 0.3 is 0 Å². The maximum Gasteiger partial charge on any atom is 0.133 e. The summed E-state index contributed by atoms with van der Waals surface area (Å²) in [4.78, 5) is 0. The molecule has 3 nitrogen and oxygen atoms in total. The Hall–Kier alpha value is -1.55. The Morgan fingerprint density at radius 3 is 2.75 bits per heavy atom. The molecular weight excluding hydrogens is 274 g/mol. The van der Waals surface area contributed by atoms with Gasteiger partial charge in [-0.05, 0) is 36.2 Å². The van der Waals surface area contributed by atoms with Crippen molar-refractivity contribution >= 4 is 11.6 Å². The summed E-state index contributed by atoms with van der Waals surface area (Å²) in [5.74, 6) is 0.652. The van der Waals surface area contributed by atoms with Crippen molar-refractivity contribution in [3.63, 3.8) is 0 Å². The molecule has 0 radical (unpaired) electrons. The molecule has 0 saturated carbocycles. The van der Waals surface area contributed by atoms with E-state index in [-0.39, 0.29) is 0 Å². The van der Waals surface area contributed by atoms with Crippen LogP contribution in [0.25, 0.3) is 0 Å². The molecule has 0 bridgehead atoms. The van der Waals surface area contributed by atoms with E-state index in [9.17, 15) is 5.11 Å². The van der Waals surface area contributed by atoms with E-state index in [1.807, 2.05) is 30.3 Å². The summed E-state index contributed by atoms with van der Waals surface area (Å²) >= 11 is 6.10. The number of halogens is 1. The van der Waals surface area contributed by atoms with Crippen LogP contribution < -0.4 is 10.5 Å². The van der Waals surface area contributed by atoms with Crippen LogP contribution in [0.2, 0.25) is 5.02 Å². The number of para-hydroxylation sites is 1. The quantitative estimate of drug-likeness (QED) is 0.849. The van der Waals surface area contributed by atoms with Crippen LogP contribution in [-0.4, -0.2) is 11.1 Å². The number of fused-ring (bicyclic) bond motifs is 2. The lowest BCUT2D eigenvalue weighted by Crippen LogP contribution is -2.44. The summed E-state index contributed by atoms with van der Waals surface area (Å²) in [5, 5.41) is 11.9. The van der Waals surface area contributed by atoms with Crippen LogP contribution in [0, 0.1) is 0 Å². The van der Waals surface area contributed by atoms with Gasteiger partial charge in [-0.2, -0.15) is 0 Å². The molecule has 0 saturated heterocycles. The van der Waals surface area contributed by atoms with E-state index < -0.39 is 11.6 Å². The van der Waals surface area contributed by atoms with Crippen LogP contribution in [0.15, 0.2) is 42.5 Å². The molecule has 0 aromatic heterocycles. The number of nitrogens with two attached hydrogens (primary N) is 1. The van der Waals surface area contributed by atoms with Gasteiger partial charge in [0.05, 0.1) is 0 Å². The average molecular weight is 290 g/mol. The van der Waals surface area contributed by atoms with Gasteiger partial charge in [-0.3, -0.25) is 0 Å². The van der Waals surface area contributed by atoms with Gasteiger partial charge in [-0.1, -0.05) is 35.9 Å². The van der Waals surface area contributed by atoms with Crippen molar-refractivity contribution in [2.24, 2.45) is 5.73 Å². The van der Waals surface area contributed by atoms with Crippen LogP contribution in [0.5, 0.6) is 5.75 Å². The van der Waals surface area contributed by atoms with E-state index in [0.29, 0.717) is 28.5 Å². The summed E-state index contributed by atoms with van der Waals surface area (Å²) in [6.45, 7) is 2.17. The van der Waals surface area contributed by atoms with Crippen LogP contribution >= 0.6 is 11.6 Å². The van der Waals surface area contributed by atoms with Gasteiger partial charge in [0.15, 0.2) is 0 Å². The molecule has 0 amide bonds. The Morgan fingerprint density at radius 1 is 1.25 bits per heavy atom. The van der Waals surface area contributed by atoms with Crippen molar-refractivity contribution in [3.05, 3.63) is 64.2 Å². The number of rotatable bonds is 1. The zero-order chi connectivity index (χ0) is 14.3. The normalized spacial score (nSPS) is 22.2. The van der Waals surface area contributed by atoms with Gasteiger partial charge in [-0.15, -0.1) is 0 Å². The highest BCUT2D eigenvalue weighted by molar-refractivity contribution is 6.30. The van der Waals surface area contributed by atoms with Crippen molar-refractivity contribution in [3.8, 4) is 5.75 Å². The zero-order valence-electron chi connectivity index (χ0n) is 11.1. The Labute approximate surface area is 122 Å². The van der Waals surface area contributed by atoms with Gasteiger partial charge in [0, 0.05) is 16.6 Å². The molecule has 1 heterocycles. The Bertz CT molecular complexity index is 657. The minimum absolute atomic E-state index is 0.387. The molecule has 3 rings (SSSR count). The minimum Gasteiger partial charge on any atom is -0.488 e. The highest BCUT2D eigenvalue weighted by Crippen LogP contribution is 2.42. The first kappa shape index (κ1) is 13.4. The molecule has 2 aromatic rings. The average Bonchev–Trinajstić information content (AvgIpc) is 2.56. The fourth-order valence-corrected chi connectivity index (χ4v) is 2.90. The number of hydrogen-bond acceptors (Lipinski definition) is 3. The topological polar surface area (TPSA) is 55.5 Å². The van der Waals surface area contributed by atoms with Gasteiger partial charge in [0.25, 0.3) is 0 Å². The number of ether oxygens (including phenoxy) is 1. The highest BCUT2D eigenvalue weighted by Gasteiger charge is 2.41. The van der Waals surface area contributed by atoms with Crippen molar-refractivity contribution < 1.29 is 9.84 Å². The van der Waals surface area contributed by atoms with E-state index in [2.05, 4.69) is 0 Å². The second-order valence-electron chi connectivity index (χ2n) is 5.14. The van der Waals surface area contributed by atoms with Crippen molar-refractivity contribution in [2.75, 3.05) is 0 Å². The third-order valence-electron chi connectivity index (χ3n) is 3.82. The van der Waals surface area contributed by atoms with E-state index in [1.165, 1.54) is 0 Å². The van der Waals surface area contributed by atoms with Crippen LogP contribution in [0.1, 0.15) is 23.6 Å². The number of hydrogen-bond donors (Lipinski definition) is 2. The van der Waals surface area contributed by atoms with E-state index >= 15 is 0 Å². The largest absolute Gasteiger partial charge is 0.488 e. The molecule has 2 unspecified atom stereocenters. The van der Waals surface area contributed by atoms with E-state index in [0.717, 1.165) is 5.56 Å². The molecule has 20 heavy (non-hydrogen) atoms. The zero-order valence-corrected chi connectivity index (χ0v) is 11.9. The first-order valence-electron chi connectivity index (χ1n) is 6.52. The summed E-state index contributed by atoms with van der Waals surface area (Å²) in [6.07, 6.45) is 0. The third kappa shape index (κ3) is 1.90. The molecule has 3 N–H and O–H groups in total. The van der Waals surface area contributed by atoms with Gasteiger partial charge in [0.2, 0.25) is 0 Å². The maximum absolute atomic E-state index is 11.3. The first-order valence-corrected chi connectivity index (χ1v) is 6.90. The van der Waals surface area contributed by atoms with Gasteiger partial charge < -0.3 is 15.6 Å². The molecule has 104 valence electrons. The fraction of sp³-hybridized carbons (Fsp3) is 0.250. The lowest BCUT2D eigenvalue weighted by molar-refractivity contribution is 0.0572. The fourth-order valence-electron chi connectivity index (χ4n) is 2.73. The maximum atomic E-state index is 11.3. The third-order valence-corrected chi connectivity index (χ3v) is 4.06. The SMILES string of the molecule is CC(N)C1(O)c2cc(Cl)ccc2COc2ccccc21. The van der Waals surface area contributed by atoms with Gasteiger partial charge in [-0.25, -0.2) is 0 Å². The van der Waals surface area contributed by atoms with Crippen molar-refractivity contribution in [1.82, 2.24) is 0 Å². The van der Waals surface area contributed by atoms with Crippen molar-refractivity contribution in [1.29, 1.82) is 0 Å². The van der Waals surface area contributed by atoms with E-state index in [4.69, 9.17) is 22.1 Å². The molecule has 0 aliphatic carbocycles. The summed E-state index contributed by atoms with van der Waals surface area (Å²) in [7, 11) is 0. The summed E-state index contributed by atoms with van der Waals surface area (Å²) < 4.78 is 5.80. The second-order valence-corrected chi connectivity index (χ2v) is 5.58. The smallest absolute Gasteiger partial charge is 0.133 e. The molecule has 0 fully saturated rings. The molecule has 0 spiro atoms. The molecule has 4 heteroatoms. The lowest BCUT2D eigenvalue weighted by Gasteiger charge is -2.33. The van der Waals surface area contributed by atoms with E-state index in [1.54, 1.807) is 19.1 Å². The Kier molecular flexibility index (Phi) is 3.21. The number of aliphatic hydroxyl groups is 1. The summed E-state index contributed by atoms with van der Waals surface area (Å²) in [5.41, 5.74) is 7.07. The Morgan fingerprint density at radius 2 is 2.00 bits per heavy atom. The molecule has 2 aromatic carbocycles. The van der Waals surface area contributed by atoms with Gasteiger partial charge in [0.1, 0.15) is 18.0 Å². The van der Waals surface area contributed by atoms with Crippen LogP contribution in [0.4, 0.5) is 0 Å². The van der Waals surface area contributed by atoms with Crippen LogP contribution in [0.3, 0.4) is 0 Å².